The fraction of sp³-hybridized carbons (Fsp3) is 0.0714. The van der Waals surface area contributed by atoms with Gasteiger partial charge in [0.2, 0.25) is 0 Å². The zero-order valence-corrected chi connectivity index (χ0v) is 13.0. The van der Waals surface area contributed by atoms with Crippen molar-refractivity contribution in [2.45, 2.75) is 6.42 Å². The molecule has 2 aromatic carbocycles. The van der Waals surface area contributed by atoms with E-state index in [0.29, 0.717) is 26.7 Å². The summed E-state index contributed by atoms with van der Waals surface area (Å²) in [5.41, 5.74) is 1.85. The molecule has 0 aliphatic heterocycles. The lowest BCUT2D eigenvalue weighted by Crippen LogP contribution is -2.02. The highest BCUT2D eigenvalue weighted by molar-refractivity contribution is 6.49. The number of aliphatic carboxylic acids is 1. The smallest absolute Gasteiger partial charge is 0.307 e. The molecule has 0 aromatic heterocycles. The summed E-state index contributed by atoms with van der Waals surface area (Å²) in [4.78, 5) is 10.9. The van der Waals surface area contributed by atoms with E-state index in [4.69, 9.17) is 51.5 Å². The molecule has 0 spiro atoms. The molecule has 0 aliphatic carbocycles. The average molecular weight is 350 g/mol. The highest BCUT2D eigenvalue weighted by atomic mass is 35.5. The molecule has 0 saturated carbocycles. The second kappa shape index (κ2) is 6.23. The summed E-state index contributed by atoms with van der Waals surface area (Å²) >= 11 is 24.0. The molecule has 6 heteroatoms. The molecule has 0 heterocycles. The van der Waals surface area contributed by atoms with Gasteiger partial charge in [0.05, 0.1) is 21.5 Å². The fourth-order valence-corrected chi connectivity index (χ4v) is 2.70. The van der Waals surface area contributed by atoms with Crippen LogP contribution in [0.5, 0.6) is 0 Å². The Kier molecular flexibility index (Phi) is 4.82. The van der Waals surface area contributed by atoms with Gasteiger partial charge in [0.1, 0.15) is 0 Å². The molecule has 2 nitrogen and oxygen atoms in total. The van der Waals surface area contributed by atoms with E-state index in [1.165, 1.54) is 0 Å². The van der Waals surface area contributed by atoms with Crippen molar-refractivity contribution in [1.82, 2.24) is 0 Å². The zero-order chi connectivity index (χ0) is 14.9. The Hall–Kier alpha value is -0.930. The molecule has 0 unspecified atom stereocenters. The van der Waals surface area contributed by atoms with Crippen molar-refractivity contribution in [2.75, 3.05) is 0 Å². The maximum Gasteiger partial charge on any atom is 0.307 e. The van der Waals surface area contributed by atoms with Crippen molar-refractivity contribution in [3.8, 4) is 11.1 Å². The summed E-state index contributed by atoms with van der Waals surface area (Å²) < 4.78 is 0. The highest BCUT2D eigenvalue weighted by Crippen LogP contribution is 2.39. The summed E-state index contributed by atoms with van der Waals surface area (Å²) in [6.45, 7) is 0. The van der Waals surface area contributed by atoms with Crippen molar-refractivity contribution < 1.29 is 9.90 Å². The van der Waals surface area contributed by atoms with Crippen LogP contribution < -0.4 is 0 Å². The maximum atomic E-state index is 10.9. The summed E-state index contributed by atoms with van der Waals surface area (Å²) in [6.07, 6.45) is -0.160. The second-order valence-electron chi connectivity index (χ2n) is 4.09. The number of carboxylic acids is 1. The van der Waals surface area contributed by atoms with Crippen LogP contribution in [0.2, 0.25) is 20.1 Å². The molecular weight excluding hydrogens is 342 g/mol. The average Bonchev–Trinajstić information content (AvgIpc) is 2.37. The van der Waals surface area contributed by atoms with Crippen molar-refractivity contribution in [3.05, 3.63) is 56.0 Å². The minimum atomic E-state index is -0.954. The Labute approximate surface area is 135 Å². The van der Waals surface area contributed by atoms with E-state index in [2.05, 4.69) is 0 Å². The van der Waals surface area contributed by atoms with Crippen LogP contribution in [-0.2, 0) is 11.2 Å². The molecule has 2 aromatic rings. The van der Waals surface area contributed by atoms with Gasteiger partial charge >= 0.3 is 5.97 Å². The number of carboxylic acid groups (broad SMARTS) is 1. The molecule has 0 saturated heterocycles. The van der Waals surface area contributed by atoms with Crippen LogP contribution in [0.3, 0.4) is 0 Å². The Bertz CT molecular complexity index is 683. The normalized spacial score (nSPS) is 10.6. The van der Waals surface area contributed by atoms with Crippen LogP contribution in [0.15, 0.2) is 30.3 Å². The summed E-state index contributed by atoms with van der Waals surface area (Å²) in [7, 11) is 0. The van der Waals surface area contributed by atoms with Gasteiger partial charge in [-0.2, -0.15) is 0 Å². The van der Waals surface area contributed by atoms with Crippen LogP contribution in [-0.4, -0.2) is 11.1 Å². The van der Waals surface area contributed by atoms with Gasteiger partial charge in [0.25, 0.3) is 0 Å². The van der Waals surface area contributed by atoms with Gasteiger partial charge in [-0.25, -0.2) is 0 Å². The lowest BCUT2D eigenvalue weighted by atomic mass is 9.97. The van der Waals surface area contributed by atoms with Gasteiger partial charge in [0, 0.05) is 10.6 Å². The number of benzene rings is 2. The lowest BCUT2D eigenvalue weighted by Gasteiger charge is -2.12. The fourth-order valence-electron chi connectivity index (χ4n) is 1.87. The van der Waals surface area contributed by atoms with Gasteiger partial charge < -0.3 is 5.11 Å². The minimum Gasteiger partial charge on any atom is -0.481 e. The van der Waals surface area contributed by atoms with Crippen LogP contribution >= 0.6 is 46.4 Å². The van der Waals surface area contributed by atoms with Gasteiger partial charge in [-0.15, -0.1) is 0 Å². The van der Waals surface area contributed by atoms with Crippen LogP contribution in [0.1, 0.15) is 5.56 Å². The van der Waals surface area contributed by atoms with E-state index in [0.717, 1.165) is 0 Å². The van der Waals surface area contributed by atoms with E-state index < -0.39 is 5.97 Å². The Morgan fingerprint density at radius 1 is 0.950 bits per heavy atom. The Morgan fingerprint density at radius 3 is 2.25 bits per heavy atom. The first-order valence-electron chi connectivity index (χ1n) is 5.54. The molecule has 20 heavy (non-hydrogen) atoms. The first kappa shape index (κ1) is 15.5. The molecule has 0 fully saturated rings. The number of rotatable bonds is 3. The molecular formula is C14H8Cl4O2. The SMILES string of the molecule is O=C(O)Cc1cc(Cl)ccc1-c1ccc(Cl)c(Cl)c1Cl. The van der Waals surface area contributed by atoms with Gasteiger partial charge in [0.15, 0.2) is 0 Å². The Balaban J connectivity index is 2.63. The largest absolute Gasteiger partial charge is 0.481 e. The van der Waals surface area contributed by atoms with Gasteiger partial charge in [-0.05, 0) is 29.3 Å². The quantitative estimate of drug-likeness (QED) is 0.733. The summed E-state index contributed by atoms with van der Waals surface area (Å²) in [6, 6.07) is 8.30. The van der Waals surface area contributed by atoms with E-state index in [1.54, 1.807) is 30.3 Å². The minimum absolute atomic E-state index is 0.160. The van der Waals surface area contributed by atoms with Crippen molar-refractivity contribution in [2.24, 2.45) is 0 Å². The van der Waals surface area contributed by atoms with Crippen molar-refractivity contribution >= 4 is 52.4 Å². The predicted molar refractivity (Wildman–Crippen MR) is 83.3 cm³/mol. The highest BCUT2D eigenvalue weighted by Gasteiger charge is 2.15. The van der Waals surface area contributed by atoms with Crippen LogP contribution in [0.4, 0.5) is 0 Å². The van der Waals surface area contributed by atoms with E-state index in [1.807, 2.05) is 0 Å². The summed E-state index contributed by atoms with van der Waals surface area (Å²) in [5, 5.41) is 10.3. The Morgan fingerprint density at radius 2 is 1.60 bits per heavy atom. The number of halogens is 4. The third-order valence-electron chi connectivity index (χ3n) is 2.73. The molecule has 0 bridgehead atoms. The lowest BCUT2D eigenvalue weighted by molar-refractivity contribution is -0.136. The van der Waals surface area contributed by atoms with Crippen molar-refractivity contribution in [3.63, 3.8) is 0 Å². The van der Waals surface area contributed by atoms with E-state index >= 15 is 0 Å². The topological polar surface area (TPSA) is 37.3 Å². The first-order chi connectivity index (χ1) is 9.40. The number of hydrogen-bond donors (Lipinski definition) is 1. The maximum absolute atomic E-state index is 10.9. The van der Waals surface area contributed by atoms with E-state index in [-0.39, 0.29) is 16.5 Å². The third-order valence-corrected chi connectivity index (χ3v) is 4.26. The van der Waals surface area contributed by atoms with Crippen LogP contribution in [0, 0.1) is 0 Å². The second-order valence-corrected chi connectivity index (χ2v) is 5.69. The molecule has 1 N–H and O–H groups in total. The molecule has 0 atom stereocenters. The van der Waals surface area contributed by atoms with Crippen molar-refractivity contribution in [1.29, 1.82) is 0 Å². The molecule has 104 valence electrons. The van der Waals surface area contributed by atoms with Gasteiger partial charge in [-0.3, -0.25) is 4.79 Å². The molecule has 2 rings (SSSR count). The third kappa shape index (κ3) is 3.21. The van der Waals surface area contributed by atoms with Gasteiger partial charge in [-0.1, -0.05) is 58.5 Å². The van der Waals surface area contributed by atoms with E-state index in [9.17, 15) is 4.79 Å². The standard InChI is InChI=1S/C14H8Cl4O2/c15-8-1-2-9(7(5-8)6-12(19)20)10-3-4-11(16)14(18)13(10)17/h1-5H,6H2,(H,19,20). The molecule has 0 aliphatic rings. The number of hydrogen-bond acceptors (Lipinski definition) is 1. The molecule has 0 radical (unpaired) electrons. The first-order valence-corrected chi connectivity index (χ1v) is 7.05. The zero-order valence-electron chi connectivity index (χ0n) is 9.96. The van der Waals surface area contributed by atoms with Crippen LogP contribution in [0.25, 0.3) is 11.1 Å². The summed E-state index contributed by atoms with van der Waals surface area (Å²) in [5.74, 6) is -0.954. The predicted octanol–water partition coefficient (Wildman–Crippen LogP) is 5.59. The number of carbonyl (C=O) groups is 1. The molecule has 0 amide bonds. The monoisotopic (exact) mass is 348 g/mol.